The van der Waals surface area contributed by atoms with Crippen LogP contribution in [-0.4, -0.2) is 61.5 Å². The number of ether oxygens (including phenoxy) is 1. The molecule has 0 aliphatic carbocycles. The molecule has 0 aromatic rings. The summed E-state index contributed by atoms with van der Waals surface area (Å²) in [5, 5.41) is 13.0. The van der Waals surface area contributed by atoms with Crippen LogP contribution in [0, 0.1) is 0 Å². The van der Waals surface area contributed by atoms with E-state index in [0.29, 0.717) is 6.04 Å². The van der Waals surface area contributed by atoms with Crippen LogP contribution in [0.15, 0.2) is 0 Å². The Bertz CT molecular complexity index is 202. The highest BCUT2D eigenvalue weighted by molar-refractivity contribution is 4.87. The molecule has 4 heteroatoms. The lowest BCUT2D eigenvalue weighted by Gasteiger charge is -2.36. The third-order valence-corrected chi connectivity index (χ3v) is 3.51. The van der Waals surface area contributed by atoms with E-state index in [-0.39, 0.29) is 12.1 Å². The van der Waals surface area contributed by atoms with Crippen molar-refractivity contribution in [1.29, 1.82) is 0 Å². The Balaban J connectivity index is 4.32. The van der Waals surface area contributed by atoms with Crippen molar-refractivity contribution in [2.24, 2.45) is 0 Å². The predicted molar refractivity (Wildman–Crippen MR) is 77.0 cm³/mol. The summed E-state index contributed by atoms with van der Waals surface area (Å²) in [6.45, 7) is 12.5. The molecule has 0 aromatic heterocycles. The van der Waals surface area contributed by atoms with Crippen molar-refractivity contribution >= 4 is 0 Å². The second kappa shape index (κ2) is 9.73. The lowest BCUT2D eigenvalue weighted by Crippen LogP contribution is -2.51. The molecule has 0 fully saturated rings. The minimum absolute atomic E-state index is 0.180. The molecule has 0 amide bonds. The zero-order valence-corrected chi connectivity index (χ0v) is 12.8. The van der Waals surface area contributed by atoms with Gasteiger partial charge in [0.1, 0.15) is 0 Å². The Morgan fingerprint density at radius 2 is 2.06 bits per heavy atom. The van der Waals surface area contributed by atoms with Gasteiger partial charge in [0.25, 0.3) is 0 Å². The molecule has 0 spiro atoms. The van der Waals surface area contributed by atoms with Crippen LogP contribution in [0.2, 0.25) is 0 Å². The molecule has 0 aliphatic heterocycles. The van der Waals surface area contributed by atoms with Crippen LogP contribution >= 0.6 is 0 Å². The van der Waals surface area contributed by atoms with E-state index in [0.717, 1.165) is 39.1 Å². The summed E-state index contributed by atoms with van der Waals surface area (Å²) in [6.07, 6.45) is 2.03. The van der Waals surface area contributed by atoms with Gasteiger partial charge in [-0.2, -0.15) is 0 Å². The predicted octanol–water partition coefficient (Wildman–Crippen LogP) is 1.48. The van der Waals surface area contributed by atoms with Crippen molar-refractivity contribution in [3.05, 3.63) is 0 Å². The van der Waals surface area contributed by atoms with E-state index in [2.05, 4.69) is 37.9 Å². The van der Waals surface area contributed by atoms with Crippen LogP contribution in [-0.2, 0) is 4.74 Å². The quantitative estimate of drug-likeness (QED) is 0.591. The van der Waals surface area contributed by atoms with Crippen molar-refractivity contribution in [3.8, 4) is 0 Å². The Labute approximate surface area is 113 Å². The molecule has 0 heterocycles. The molecule has 0 saturated carbocycles. The number of hydrogen-bond donors (Lipinski definition) is 2. The van der Waals surface area contributed by atoms with Gasteiger partial charge in [-0.15, -0.1) is 0 Å². The summed E-state index contributed by atoms with van der Waals surface area (Å²) in [6, 6.07) is 0.437. The molecule has 0 saturated heterocycles. The van der Waals surface area contributed by atoms with E-state index in [4.69, 9.17) is 4.74 Å². The first-order valence-corrected chi connectivity index (χ1v) is 7.11. The van der Waals surface area contributed by atoms with E-state index >= 15 is 0 Å². The minimum Gasteiger partial charge on any atom is -0.394 e. The Kier molecular flexibility index (Phi) is 9.64. The average molecular weight is 260 g/mol. The number of methoxy groups -OCH3 is 1. The van der Waals surface area contributed by atoms with Crippen LogP contribution in [0.5, 0.6) is 0 Å². The van der Waals surface area contributed by atoms with Crippen molar-refractivity contribution in [3.63, 3.8) is 0 Å². The zero-order chi connectivity index (χ0) is 14.0. The topological polar surface area (TPSA) is 44.7 Å². The third-order valence-electron chi connectivity index (χ3n) is 3.51. The number of aliphatic hydroxyl groups excluding tert-OH is 1. The first-order valence-electron chi connectivity index (χ1n) is 7.11. The largest absolute Gasteiger partial charge is 0.394 e. The van der Waals surface area contributed by atoms with Crippen molar-refractivity contribution in [2.45, 2.75) is 52.1 Å². The monoisotopic (exact) mass is 260 g/mol. The van der Waals surface area contributed by atoms with Gasteiger partial charge in [0.2, 0.25) is 0 Å². The van der Waals surface area contributed by atoms with Crippen LogP contribution in [0.4, 0.5) is 0 Å². The summed E-state index contributed by atoms with van der Waals surface area (Å²) in [4.78, 5) is 2.39. The van der Waals surface area contributed by atoms with Crippen LogP contribution in [0.3, 0.4) is 0 Å². The first-order chi connectivity index (χ1) is 8.52. The van der Waals surface area contributed by atoms with Gasteiger partial charge < -0.3 is 15.2 Å². The normalized spacial score (nSPS) is 16.8. The Morgan fingerprint density at radius 3 is 2.50 bits per heavy atom. The molecule has 2 N–H and O–H groups in total. The van der Waals surface area contributed by atoms with Crippen LogP contribution < -0.4 is 5.32 Å². The van der Waals surface area contributed by atoms with E-state index in [9.17, 15) is 5.11 Å². The molecule has 0 aliphatic rings. The number of hydrogen-bond acceptors (Lipinski definition) is 4. The zero-order valence-electron chi connectivity index (χ0n) is 12.8. The van der Waals surface area contributed by atoms with Gasteiger partial charge in [-0.05, 0) is 39.8 Å². The lowest BCUT2D eigenvalue weighted by atomic mass is 9.93. The van der Waals surface area contributed by atoms with E-state index < -0.39 is 0 Å². The highest BCUT2D eigenvalue weighted by Gasteiger charge is 2.27. The standard InChI is InChI=1S/C14H32N2O2/c1-6-8-15-14(4,12-17)11-13(3)16(7-2)9-10-18-5/h13,15,17H,6-12H2,1-5H3. The molecular formula is C14H32N2O2. The molecule has 0 rings (SSSR count). The molecule has 0 aromatic carbocycles. The number of nitrogens with one attached hydrogen (secondary N) is 1. The summed E-state index contributed by atoms with van der Waals surface area (Å²) >= 11 is 0. The summed E-state index contributed by atoms with van der Waals surface area (Å²) in [7, 11) is 1.74. The molecule has 110 valence electrons. The third kappa shape index (κ3) is 6.69. The van der Waals surface area contributed by atoms with Gasteiger partial charge in [-0.1, -0.05) is 13.8 Å². The van der Waals surface area contributed by atoms with Gasteiger partial charge in [0, 0.05) is 25.2 Å². The second-order valence-electron chi connectivity index (χ2n) is 5.32. The van der Waals surface area contributed by atoms with Crippen molar-refractivity contribution < 1.29 is 9.84 Å². The number of likely N-dealkylation sites (N-methyl/N-ethyl adjacent to an activating group) is 1. The maximum Gasteiger partial charge on any atom is 0.0611 e. The molecular weight excluding hydrogens is 228 g/mol. The highest BCUT2D eigenvalue weighted by atomic mass is 16.5. The van der Waals surface area contributed by atoms with Gasteiger partial charge in [-0.3, -0.25) is 4.90 Å². The minimum atomic E-state index is -0.185. The number of rotatable bonds is 11. The highest BCUT2D eigenvalue weighted by Crippen LogP contribution is 2.16. The summed E-state index contributed by atoms with van der Waals surface area (Å²) in [5.74, 6) is 0. The maximum absolute atomic E-state index is 9.59. The van der Waals surface area contributed by atoms with Gasteiger partial charge in [-0.25, -0.2) is 0 Å². The molecule has 2 unspecified atom stereocenters. The fraction of sp³-hybridized carbons (Fsp3) is 1.00. The number of nitrogens with zero attached hydrogens (tertiary/aromatic N) is 1. The van der Waals surface area contributed by atoms with E-state index in [1.54, 1.807) is 7.11 Å². The van der Waals surface area contributed by atoms with E-state index in [1.165, 1.54) is 0 Å². The van der Waals surface area contributed by atoms with Crippen LogP contribution in [0.1, 0.15) is 40.5 Å². The van der Waals surface area contributed by atoms with Crippen molar-refractivity contribution in [1.82, 2.24) is 10.2 Å². The lowest BCUT2D eigenvalue weighted by molar-refractivity contribution is 0.0928. The molecule has 2 atom stereocenters. The number of aliphatic hydroxyl groups is 1. The SMILES string of the molecule is CCCNC(C)(CO)CC(C)N(CC)CCOC. The van der Waals surface area contributed by atoms with Gasteiger partial charge in [0.05, 0.1) is 13.2 Å². The maximum atomic E-state index is 9.59. The van der Waals surface area contributed by atoms with Gasteiger partial charge >= 0.3 is 0 Å². The average Bonchev–Trinajstić information content (AvgIpc) is 2.37. The smallest absolute Gasteiger partial charge is 0.0611 e. The molecule has 0 radical (unpaired) electrons. The first kappa shape index (κ1) is 17.8. The Hall–Kier alpha value is -0.160. The molecule has 4 nitrogen and oxygen atoms in total. The second-order valence-corrected chi connectivity index (χ2v) is 5.32. The molecule has 0 bridgehead atoms. The fourth-order valence-electron chi connectivity index (χ4n) is 2.30. The Morgan fingerprint density at radius 1 is 1.39 bits per heavy atom. The summed E-state index contributed by atoms with van der Waals surface area (Å²) in [5.41, 5.74) is -0.185. The van der Waals surface area contributed by atoms with Crippen molar-refractivity contribution in [2.75, 3.05) is 40.0 Å². The fourth-order valence-corrected chi connectivity index (χ4v) is 2.30. The van der Waals surface area contributed by atoms with Crippen LogP contribution in [0.25, 0.3) is 0 Å². The molecule has 18 heavy (non-hydrogen) atoms. The van der Waals surface area contributed by atoms with Gasteiger partial charge in [0.15, 0.2) is 0 Å². The summed E-state index contributed by atoms with van der Waals surface area (Å²) < 4.78 is 5.14. The van der Waals surface area contributed by atoms with E-state index in [1.807, 2.05) is 0 Å².